The molecule has 26 heteroatoms. The molecular weight excluding hydrogens is 1120 g/mol. The Kier molecular flexibility index (Phi) is 18.7. The zero-order valence-corrected chi connectivity index (χ0v) is 50.0. The summed E-state index contributed by atoms with van der Waals surface area (Å²) >= 11 is 0. The molecule has 26 nitrogen and oxygen atoms in total. The van der Waals surface area contributed by atoms with Crippen LogP contribution < -0.4 is 0 Å². The highest BCUT2D eigenvalue weighted by atomic mass is 16.8. The number of aliphatic hydroxyl groups excluding tert-OH is 14. The lowest BCUT2D eigenvalue weighted by atomic mass is 9.33. The summed E-state index contributed by atoms with van der Waals surface area (Å²) in [5.41, 5.74) is -3.68. The summed E-state index contributed by atoms with van der Waals surface area (Å²) in [6.07, 6.45) is -31.7. The second kappa shape index (κ2) is 24.1. The molecule has 10 rings (SSSR count). The molecule has 85 heavy (non-hydrogen) atoms. The lowest BCUT2D eigenvalue weighted by molar-refractivity contribution is -0.388. The van der Waals surface area contributed by atoms with Gasteiger partial charge in [0, 0.05) is 5.92 Å². The molecular formula is C59H96O26. The first-order valence-electron chi connectivity index (χ1n) is 30.6. The molecule has 5 aliphatic heterocycles. The summed E-state index contributed by atoms with van der Waals surface area (Å²) in [7, 11) is 0. The standard InChI is InChI=1S/C59H96O26/c1-23-12-17-59(53(74)85-52-45(40(70)36(66)29(21-61)80-52)83-48-41(71)37(67)33(63)24(2)77-48)19-18-56(7)26(47(59)58(23,9)75)10-11-31-55(6)15-14-32(54(4,5)30(55)13-16-57(31,56)8)81-51-46(84-49-42(72)38(68)34(64)25(3)78-49)44(27(62)22-76-51)82-50-43(73)39(69)35(65)28(20-60)79-50/h10,23-25,27-52,60-73,75H,11-22H2,1-9H3/t23-,24-,25-,27-,28+,29+,30-,31+,32-,33-,34-,35+,36+,37+,38+,39-,40-,41+,42+,43+,44-,45+,46+,47+,48-,49-,50-,51+,52-,55-,56+,57+,58+,59-/m0/s1. The average Bonchev–Trinajstić information content (AvgIpc) is 0.682. The van der Waals surface area contributed by atoms with Crippen LogP contribution in [0, 0.1) is 50.7 Å². The van der Waals surface area contributed by atoms with E-state index in [-0.39, 0.29) is 41.6 Å². The van der Waals surface area contributed by atoms with Crippen LogP contribution in [0.3, 0.4) is 0 Å². The van der Waals surface area contributed by atoms with Gasteiger partial charge in [0.15, 0.2) is 31.3 Å². The Hall–Kier alpha value is -1.75. The number of fused-ring (bicyclic) bond motifs is 7. The summed E-state index contributed by atoms with van der Waals surface area (Å²) in [5, 5.41) is 164. The molecule has 0 unspecified atom stereocenters. The maximum Gasteiger partial charge on any atom is 0.315 e. The summed E-state index contributed by atoms with van der Waals surface area (Å²) in [4.78, 5) is 15.4. The summed E-state index contributed by atoms with van der Waals surface area (Å²) in [6.45, 7) is 15.9. The molecule has 0 spiro atoms. The van der Waals surface area contributed by atoms with E-state index in [2.05, 4.69) is 40.7 Å². The Labute approximate surface area is 494 Å². The molecule has 488 valence electrons. The van der Waals surface area contributed by atoms with Crippen molar-refractivity contribution in [1.29, 1.82) is 0 Å². The van der Waals surface area contributed by atoms with Gasteiger partial charge in [-0.1, -0.05) is 53.2 Å². The van der Waals surface area contributed by atoms with E-state index in [1.54, 1.807) is 6.92 Å². The maximum absolute atomic E-state index is 15.4. The first-order valence-corrected chi connectivity index (χ1v) is 30.6. The van der Waals surface area contributed by atoms with Gasteiger partial charge >= 0.3 is 5.97 Å². The van der Waals surface area contributed by atoms with Crippen molar-refractivity contribution in [3.8, 4) is 0 Å². The van der Waals surface area contributed by atoms with Crippen LogP contribution in [0.4, 0.5) is 0 Å². The molecule has 0 aromatic rings. The Bertz CT molecular complexity index is 2380. The molecule has 0 amide bonds. The SMILES string of the molecule is C[C@@H]1O[C@@H](O[C@H]2[C@H](OC(=O)[C@]34CC[C@H](C)[C@@](C)(O)[C@H]3C3=CC[C@@H]5[C@@]6(C)CC[C@H](O[C@H]7OC[C@H](O)[C@H](O[C@@H]8O[C@H](CO)[C@@H](O)[C@H](O)[C@H]8O)[C@H]7O[C@@H]7O[C@@H](C)[C@H](O)[C@@H](O)[C@H]7O)C(C)(C)[C@@H]6CC[C@@]5(C)[C@]3(C)CC4)O[C@H](CO)[C@@H](O)[C@@H]2O)[C@H](O)[C@H](O)[C@H]1O. The molecule has 5 saturated heterocycles. The van der Waals surface area contributed by atoms with Crippen molar-refractivity contribution in [2.75, 3.05) is 19.8 Å². The first-order chi connectivity index (χ1) is 39.7. The fraction of sp³-hybridized carbons (Fsp3) is 0.949. The van der Waals surface area contributed by atoms with Gasteiger partial charge in [-0.05, 0) is 118 Å². The minimum atomic E-state index is -1.86. The van der Waals surface area contributed by atoms with E-state index in [1.807, 2.05) is 6.92 Å². The topological polar surface area (TPSA) is 413 Å². The van der Waals surface area contributed by atoms with E-state index in [0.717, 1.165) is 18.4 Å². The van der Waals surface area contributed by atoms with Gasteiger partial charge in [-0.2, -0.15) is 0 Å². The molecule has 5 heterocycles. The lowest BCUT2D eigenvalue weighted by Crippen LogP contribution is -2.69. The lowest BCUT2D eigenvalue weighted by Gasteiger charge is -2.72. The number of rotatable bonds is 12. The van der Waals surface area contributed by atoms with E-state index in [0.29, 0.717) is 38.5 Å². The summed E-state index contributed by atoms with van der Waals surface area (Å²) in [5.74, 6) is -1.66. The minimum Gasteiger partial charge on any atom is -0.432 e. The van der Waals surface area contributed by atoms with Crippen LogP contribution in [0.25, 0.3) is 0 Å². The summed E-state index contributed by atoms with van der Waals surface area (Å²) in [6, 6.07) is 0. The van der Waals surface area contributed by atoms with Crippen molar-refractivity contribution in [2.45, 2.75) is 279 Å². The van der Waals surface area contributed by atoms with Gasteiger partial charge in [-0.3, -0.25) is 4.79 Å². The molecule has 0 aromatic carbocycles. The Morgan fingerprint density at radius 1 is 0.541 bits per heavy atom. The van der Waals surface area contributed by atoms with Crippen LogP contribution in [-0.4, -0.2) is 262 Å². The number of esters is 1. The van der Waals surface area contributed by atoms with Gasteiger partial charge in [0.2, 0.25) is 6.29 Å². The van der Waals surface area contributed by atoms with E-state index in [9.17, 15) is 76.6 Å². The minimum absolute atomic E-state index is 0.0282. The third kappa shape index (κ3) is 10.7. The van der Waals surface area contributed by atoms with Crippen LogP contribution in [0.1, 0.15) is 120 Å². The van der Waals surface area contributed by atoms with Gasteiger partial charge < -0.3 is 124 Å². The molecule has 10 aliphatic rings. The maximum atomic E-state index is 15.4. The second-order valence-electron chi connectivity index (χ2n) is 28.3. The number of carbonyl (C=O) groups excluding carboxylic acids is 1. The Morgan fingerprint density at radius 2 is 1.07 bits per heavy atom. The summed E-state index contributed by atoms with van der Waals surface area (Å²) < 4.78 is 61.3. The van der Waals surface area contributed by atoms with Crippen LogP contribution in [0.15, 0.2) is 11.6 Å². The number of aliphatic hydroxyl groups is 15. The van der Waals surface area contributed by atoms with Crippen molar-refractivity contribution < 1.29 is 129 Å². The second-order valence-corrected chi connectivity index (χ2v) is 28.3. The predicted molar refractivity (Wildman–Crippen MR) is 288 cm³/mol. The quantitative estimate of drug-likeness (QED) is 0.0544. The van der Waals surface area contributed by atoms with Gasteiger partial charge in [0.05, 0.1) is 49.1 Å². The highest BCUT2D eigenvalue weighted by Crippen LogP contribution is 2.76. The Balaban J connectivity index is 0.916. The highest BCUT2D eigenvalue weighted by molar-refractivity contribution is 5.79. The molecule has 15 N–H and O–H groups in total. The number of allylic oxidation sites excluding steroid dienone is 1. The molecule has 34 atom stereocenters. The molecule has 0 radical (unpaired) electrons. The zero-order valence-electron chi connectivity index (χ0n) is 50.0. The van der Waals surface area contributed by atoms with Gasteiger partial charge in [-0.25, -0.2) is 0 Å². The molecule has 0 bridgehead atoms. The average molecular weight is 1220 g/mol. The third-order valence-corrected chi connectivity index (χ3v) is 23.5. The van der Waals surface area contributed by atoms with Crippen molar-refractivity contribution in [1.82, 2.24) is 0 Å². The molecule has 9 fully saturated rings. The normalized spacial score (nSPS) is 56.1. The fourth-order valence-electron chi connectivity index (χ4n) is 17.8. The fourth-order valence-corrected chi connectivity index (χ4v) is 17.8. The van der Waals surface area contributed by atoms with Crippen LogP contribution in [0.5, 0.6) is 0 Å². The zero-order chi connectivity index (χ0) is 62.2. The van der Waals surface area contributed by atoms with Crippen LogP contribution >= 0.6 is 0 Å². The number of carbonyl (C=O) groups is 1. The van der Waals surface area contributed by atoms with Gasteiger partial charge in [-0.15, -0.1) is 0 Å². The van der Waals surface area contributed by atoms with E-state index >= 15 is 4.79 Å². The van der Waals surface area contributed by atoms with Crippen molar-refractivity contribution >= 4 is 5.97 Å². The number of ether oxygens (including phenoxy) is 10. The van der Waals surface area contributed by atoms with E-state index in [1.165, 1.54) is 13.8 Å². The van der Waals surface area contributed by atoms with Crippen LogP contribution in [-0.2, 0) is 52.2 Å². The third-order valence-electron chi connectivity index (χ3n) is 23.5. The van der Waals surface area contributed by atoms with Gasteiger partial charge in [0.1, 0.15) is 97.7 Å². The van der Waals surface area contributed by atoms with E-state index in [4.69, 9.17) is 47.4 Å². The van der Waals surface area contributed by atoms with E-state index < -0.39 is 200 Å². The highest BCUT2D eigenvalue weighted by Gasteiger charge is 2.72. The first kappa shape index (κ1) is 66.2. The molecule has 4 saturated carbocycles. The number of hydrogen-bond donors (Lipinski definition) is 15. The largest absolute Gasteiger partial charge is 0.432 e. The van der Waals surface area contributed by atoms with Crippen molar-refractivity contribution in [3.63, 3.8) is 0 Å². The Morgan fingerprint density at radius 3 is 1.66 bits per heavy atom. The smallest absolute Gasteiger partial charge is 0.315 e. The number of hydrogen-bond acceptors (Lipinski definition) is 26. The van der Waals surface area contributed by atoms with Crippen molar-refractivity contribution in [2.24, 2.45) is 50.7 Å². The monoisotopic (exact) mass is 1220 g/mol. The van der Waals surface area contributed by atoms with Crippen LogP contribution in [0.2, 0.25) is 0 Å². The van der Waals surface area contributed by atoms with Gasteiger partial charge in [0.25, 0.3) is 0 Å². The predicted octanol–water partition coefficient (Wildman–Crippen LogP) is -2.55. The van der Waals surface area contributed by atoms with Crippen molar-refractivity contribution in [3.05, 3.63) is 11.6 Å². The molecule has 0 aromatic heterocycles. The molecule has 5 aliphatic carbocycles.